The van der Waals surface area contributed by atoms with E-state index in [0.29, 0.717) is 17.8 Å². The van der Waals surface area contributed by atoms with E-state index in [2.05, 4.69) is 43.0 Å². The van der Waals surface area contributed by atoms with E-state index in [9.17, 15) is 0 Å². The maximum absolute atomic E-state index is 5.90. The molecular weight excluding hydrogens is 240 g/mol. The van der Waals surface area contributed by atoms with Crippen molar-refractivity contribution in [2.24, 2.45) is 0 Å². The van der Waals surface area contributed by atoms with Gasteiger partial charge in [0.2, 0.25) is 0 Å². The van der Waals surface area contributed by atoms with Crippen LogP contribution in [0.25, 0.3) is 0 Å². The van der Waals surface area contributed by atoms with Crippen molar-refractivity contribution >= 4 is 11.6 Å². The summed E-state index contributed by atoms with van der Waals surface area (Å²) in [5.41, 5.74) is 6.90. The van der Waals surface area contributed by atoms with Crippen LogP contribution < -0.4 is 11.1 Å². The highest BCUT2D eigenvalue weighted by atomic mass is 16.5. The summed E-state index contributed by atoms with van der Waals surface area (Å²) in [5.74, 6) is 1.73. The van der Waals surface area contributed by atoms with E-state index in [0.717, 1.165) is 37.4 Å². The maximum atomic E-state index is 5.90. The Morgan fingerprint density at radius 2 is 1.95 bits per heavy atom. The molecule has 0 amide bonds. The first-order valence-electron chi connectivity index (χ1n) is 6.98. The van der Waals surface area contributed by atoms with Gasteiger partial charge in [-0.15, -0.1) is 0 Å². The molecule has 0 aliphatic carbocycles. The van der Waals surface area contributed by atoms with E-state index in [1.165, 1.54) is 6.33 Å². The molecule has 5 heteroatoms. The Kier molecular flexibility index (Phi) is 6.56. The zero-order chi connectivity index (χ0) is 14.3. The summed E-state index contributed by atoms with van der Waals surface area (Å²) in [6.45, 7) is 9.97. The van der Waals surface area contributed by atoms with Crippen molar-refractivity contribution in [2.75, 3.05) is 24.2 Å². The third-order valence-corrected chi connectivity index (χ3v) is 2.81. The molecule has 1 aromatic rings. The highest BCUT2D eigenvalue weighted by Gasteiger charge is 2.12. The Balaban J connectivity index is 2.39. The third kappa shape index (κ3) is 5.42. The molecule has 19 heavy (non-hydrogen) atoms. The number of ether oxygens (including phenoxy) is 1. The van der Waals surface area contributed by atoms with Crippen LogP contribution in [0.4, 0.5) is 11.6 Å². The number of rotatable bonds is 8. The van der Waals surface area contributed by atoms with Crippen LogP contribution in [0.2, 0.25) is 0 Å². The molecule has 0 saturated heterocycles. The fourth-order valence-electron chi connectivity index (χ4n) is 1.87. The quantitative estimate of drug-likeness (QED) is 0.708. The Labute approximate surface area is 116 Å². The minimum Gasteiger partial charge on any atom is -0.383 e. The van der Waals surface area contributed by atoms with Gasteiger partial charge in [0.15, 0.2) is 0 Å². The van der Waals surface area contributed by atoms with Crippen molar-refractivity contribution in [3.63, 3.8) is 0 Å². The lowest BCUT2D eigenvalue weighted by molar-refractivity contribution is 0.0765. The molecule has 0 atom stereocenters. The number of hydrogen-bond acceptors (Lipinski definition) is 5. The number of nitrogen functional groups attached to an aromatic ring is 1. The molecule has 0 saturated carbocycles. The van der Waals surface area contributed by atoms with E-state index in [1.807, 2.05) is 0 Å². The number of nitrogens with zero attached hydrogens (tertiary/aromatic N) is 2. The van der Waals surface area contributed by atoms with E-state index in [1.54, 1.807) is 0 Å². The molecule has 0 spiro atoms. The zero-order valence-electron chi connectivity index (χ0n) is 12.4. The number of hydrogen-bond donors (Lipinski definition) is 2. The van der Waals surface area contributed by atoms with Crippen LogP contribution in [-0.2, 0) is 4.74 Å². The maximum Gasteiger partial charge on any atom is 0.134 e. The largest absolute Gasteiger partial charge is 0.383 e. The van der Waals surface area contributed by atoms with Crippen molar-refractivity contribution in [3.8, 4) is 0 Å². The van der Waals surface area contributed by atoms with Gasteiger partial charge in [0.25, 0.3) is 0 Å². The fraction of sp³-hybridized carbons (Fsp3) is 0.714. The average molecular weight is 266 g/mol. The number of unbranched alkanes of at least 4 members (excludes halogenated alkanes) is 1. The normalized spacial score (nSPS) is 11.3. The minimum absolute atomic E-state index is 0.308. The van der Waals surface area contributed by atoms with Gasteiger partial charge in [-0.2, -0.15) is 0 Å². The number of nitrogens with two attached hydrogens (primary N) is 1. The van der Waals surface area contributed by atoms with Gasteiger partial charge < -0.3 is 15.8 Å². The third-order valence-electron chi connectivity index (χ3n) is 2.81. The molecule has 0 aliphatic rings. The molecule has 0 unspecified atom stereocenters. The van der Waals surface area contributed by atoms with Gasteiger partial charge in [0.05, 0.1) is 6.10 Å². The fourth-order valence-corrected chi connectivity index (χ4v) is 1.87. The Morgan fingerprint density at radius 3 is 2.58 bits per heavy atom. The lowest BCUT2D eigenvalue weighted by Gasteiger charge is -2.15. The Bertz CT molecular complexity index is 380. The SMILES string of the molecule is CC(C)OCCCCNc1ncnc(N)c1C(C)C. The first kappa shape index (κ1) is 15.7. The van der Waals surface area contributed by atoms with Crippen LogP contribution in [0, 0.1) is 0 Å². The van der Waals surface area contributed by atoms with Crippen molar-refractivity contribution < 1.29 is 4.74 Å². The minimum atomic E-state index is 0.308. The molecule has 5 nitrogen and oxygen atoms in total. The second-order valence-corrected chi connectivity index (χ2v) is 5.23. The van der Waals surface area contributed by atoms with Crippen molar-refractivity contribution in [3.05, 3.63) is 11.9 Å². The van der Waals surface area contributed by atoms with Crippen LogP contribution in [0.15, 0.2) is 6.33 Å². The van der Waals surface area contributed by atoms with Gasteiger partial charge in [-0.25, -0.2) is 9.97 Å². The summed E-state index contributed by atoms with van der Waals surface area (Å²) < 4.78 is 5.50. The second-order valence-electron chi connectivity index (χ2n) is 5.23. The monoisotopic (exact) mass is 266 g/mol. The molecule has 0 aliphatic heterocycles. The molecule has 0 radical (unpaired) electrons. The van der Waals surface area contributed by atoms with Gasteiger partial charge in [-0.3, -0.25) is 0 Å². The van der Waals surface area contributed by atoms with E-state index < -0.39 is 0 Å². The van der Waals surface area contributed by atoms with Crippen LogP contribution in [0.1, 0.15) is 52.0 Å². The van der Waals surface area contributed by atoms with Gasteiger partial charge in [0.1, 0.15) is 18.0 Å². The zero-order valence-corrected chi connectivity index (χ0v) is 12.4. The molecule has 0 fully saturated rings. The second kappa shape index (κ2) is 7.94. The van der Waals surface area contributed by atoms with Crippen molar-refractivity contribution in [1.29, 1.82) is 0 Å². The first-order chi connectivity index (χ1) is 9.02. The number of anilines is 2. The van der Waals surface area contributed by atoms with Crippen LogP contribution in [0.3, 0.4) is 0 Å². The smallest absolute Gasteiger partial charge is 0.134 e. The van der Waals surface area contributed by atoms with Crippen LogP contribution >= 0.6 is 0 Å². The lowest BCUT2D eigenvalue weighted by atomic mass is 10.0. The molecule has 108 valence electrons. The average Bonchev–Trinajstić information content (AvgIpc) is 2.32. The molecule has 0 aromatic carbocycles. The van der Waals surface area contributed by atoms with Crippen molar-refractivity contribution in [1.82, 2.24) is 9.97 Å². The summed E-state index contributed by atoms with van der Waals surface area (Å²) in [7, 11) is 0. The molecular formula is C14H26N4O. The first-order valence-corrected chi connectivity index (χ1v) is 6.98. The van der Waals surface area contributed by atoms with E-state index >= 15 is 0 Å². The Morgan fingerprint density at radius 1 is 1.21 bits per heavy atom. The number of aromatic nitrogens is 2. The molecule has 3 N–H and O–H groups in total. The predicted octanol–water partition coefficient (Wildman–Crippen LogP) is 2.80. The summed E-state index contributed by atoms with van der Waals surface area (Å²) in [6, 6.07) is 0. The summed E-state index contributed by atoms with van der Waals surface area (Å²) >= 11 is 0. The van der Waals surface area contributed by atoms with Crippen LogP contribution in [-0.4, -0.2) is 29.2 Å². The highest BCUT2D eigenvalue weighted by Crippen LogP contribution is 2.25. The summed E-state index contributed by atoms with van der Waals surface area (Å²) in [6.07, 6.45) is 3.91. The van der Waals surface area contributed by atoms with Crippen LogP contribution in [0.5, 0.6) is 0 Å². The Hall–Kier alpha value is -1.36. The molecule has 1 rings (SSSR count). The van der Waals surface area contributed by atoms with Gasteiger partial charge in [-0.1, -0.05) is 13.8 Å². The predicted molar refractivity (Wildman–Crippen MR) is 79.3 cm³/mol. The van der Waals surface area contributed by atoms with E-state index in [-0.39, 0.29) is 0 Å². The highest BCUT2D eigenvalue weighted by molar-refractivity contribution is 5.56. The summed E-state index contributed by atoms with van der Waals surface area (Å²) in [5, 5.41) is 3.34. The van der Waals surface area contributed by atoms with Gasteiger partial charge in [-0.05, 0) is 32.6 Å². The van der Waals surface area contributed by atoms with Gasteiger partial charge in [0, 0.05) is 18.7 Å². The van der Waals surface area contributed by atoms with Gasteiger partial charge >= 0.3 is 0 Å². The van der Waals surface area contributed by atoms with Crippen molar-refractivity contribution in [2.45, 2.75) is 52.6 Å². The van der Waals surface area contributed by atoms with E-state index in [4.69, 9.17) is 10.5 Å². The number of nitrogens with one attached hydrogen (secondary N) is 1. The topological polar surface area (TPSA) is 73.1 Å². The molecule has 0 bridgehead atoms. The lowest BCUT2D eigenvalue weighted by Crippen LogP contribution is -2.11. The standard InChI is InChI=1S/C14H26N4O/c1-10(2)12-13(15)17-9-18-14(12)16-7-5-6-8-19-11(3)4/h9-11H,5-8H2,1-4H3,(H3,15,16,17,18). The summed E-state index contributed by atoms with van der Waals surface area (Å²) in [4.78, 5) is 8.32. The molecule has 1 heterocycles. The molecule has 1 aromatic heterocycles.